The van der Waals surface area contributed by atoms with Gasteiger partial charge in [0.1, 0.15) is 0 Å². The zero-order valence-corrected chi connectivity index (χ0v) is 10.6. The highest BCUT2D eigenvalue weighted by molar-refractivity contribution is 6.44. The second-order valence-electron chi connectivity index (χ2n) is 3.40. The molecule has 0 saturated carbocycles. The quantitative estimate of drug-likeness (QED) is 0.592. The van der Waals surface area contributed by atoms with Crippen LogP contribution in [0.1, 0.15) is 47.5 Å². The summed E-state index contributed by atoms with van der Waals surface area (Å²) in [6.45, 7) is 10.6. The summed E-state index contributed by atoms with van der Waals surface area (Å²) in [6, 6.07) is 1.03. The first-order chi connectivity index (χ1) is 6.13. The molecule has 13 heavy (non-hydrogen) atoms. The molecule has 79 valence electrons. The molecule has 0 aliphatic heterocycles. The lowest BCUT2D eigenvalue weighted by atomic mass is 10.3. The molecule has 0 N–H and O–H groups in total. The van der Waals surface area contributed by atoms with E-state index >= 15 is 0 Å². The Labute approximate surface area is 84.5 Å². The Hall–Kier alpha value is 0.137. The molecular weight excluding hydrogens is 180 g/mol. The fourth-order valence-corrected chi connectivity index (χ4v) is 2.43. The summed E-state index contributed by atoms with van der Waals surface area (Å²) in [4.78, 5) is 0. The van der Waals surface area contributed by atoms with E-state index in [9.17, 15) is 0 Å². The SMILES string of the molecule is CCC(C)O[Si](CC)OC(C)CC. The molecule has 2 nitrogen and oxygen atoms in total. The molecule has 0 spiro atoms. The van der Waals surface area contributed by atoms with Gasteiger partial charge in [0, 0.05) is 12.2 Å². The molecule has 0 aromatic rings. The topological polar surface area (TPSA) is 18.5 Å². The van der Waals surface area contributed by atoms with E-state index in [1.807, 2.05) is 0 Å². The Morgan fingerprint density at radius 3 is 1.54 bits per heavy atom. The fraction of sp³-hybridized carbons (Fsp3) is 1.00. The van der Waals surface area contributed by atoms with Crippen molar-refractivity contribution >= 4 is 9.28 Å². The lowest BCUT2D eigenvalue weighted by Crippen LogP contribution is -2.30. The zero-order valence-electron chi connectivity index (χ0n) is 9.59. The van der Waals surface area contributed by atoms with Crippen molar-refractivity contribution in [2.75, 3.05) is 0 Å². The van der Waals surface area contributed by atoms with Crippen LogP contribution in [0.4, 0.5) is 0 Å². The number of rotatable bonds is 7. The molecule has 2 atom stereocenters. The maximum absolute atomic E-state index is 5.80. The van der Waals surface area contributed by atoms with E-state index < -0.39 is 9.28 Å². The van der Waals surface area contributed by atoms with Crippen molar-refractivity contribution in [3.05, 3.63) is 0 Å². The highest BCUT2D eigenvalue weighted by atomic mass is 28.3. The summed E-state index contributed by atoms with van der Waals surface area (Å²) in [5.41, 5.74) is 0. The summed E-state index contributed by atoms with van der Waals surface area (Å²) >= 11 is 0. The maximum atomic E-state index is 5.80. The largest absolute Gasteiger partial charge is 0.391 e. The summed E-state index contributed by atoms with van der Waals surface area (Å²) < 4.78 is 11.6. The van der Waals surface area contributed by atoms with Crippen molar-refractivity contribution in [1.29, 1.82) is 0 Å². The third kappa shape index (κ3) is 6.24. The molecule has 0 aliphatic rings. The Morgan fingerprint density at radius 1 is 0.923 bits per heavy atom. The predicted molar refractivity (Wildman–Crippen MR) is 57.9 cm³/mol. The fourth-order valence-electron chi connectivity index (χ4n) is 0.810. The minimum atomic E-state index is -1.01. The first kappa shape index (κ1) is 13.1. The summed E-state index contributed by atoms with van der Waals surface area (Å²) in [7, 11) is -1.01. The maximum Gasteiger partial charge on any atom is 0.384 e. The van der Waals surface area contributed by atoms with Crippen LogP contribution in [0.3, 0.4) is 0 Å². The van der Waals surface area contributed by atoms with Gasteiger partial charge in [-0.2, -0.15) is 0 Å². The van der Waals surface area contributed by atoms with Crippen molar-refractivity contribution in [2.45, 2.75) is 65.7 Å². The van der Waals surface area contributed by atoms with Crippen molar-refractivity contribution in [3.63, 3.8) is 0 Å². The molecule has 0 bridgehead atoms. The molecule has 3 heteroatoms. The van der Waals surface area contributed by atoms with E-state index in [4.69, 9.17) is 8.85 Å². The summed E-state index contributed by atoms with van der Waals surface area (Å²) in [5.74, 6) is 0. The van der Waals surface area contributed by atoms with Gasteiger partial charge in [-0.1, -0.05) is 20.8 Å². The number of hydrogen-bond acceptors (Lipinski definition) is 2. The van der Waals surface area contributed by atoms with Gasteiger partial charge in [0.05, 0.1) is 0 Å². The minimum Gasteiger partial charge on any atom is -0.391 e. The first-order valence-electron chi connectivity index (χ1n) is 5.33. The van der Waals surface area contributed by atoms with Gasteiger partial charge in [0.2, 0.25) is 0 Å². The van der Waals surface area contributed by atoms with E-state index in [-0.39, 0.29) is 0 Å². The second-order valence-corrected chi connectivity index (χ2v) is 5.32. The van der Waals surface area contributed by atoms with Crippen LogP contribution in [-0.2, 0) is 8.85 Å². The van der Waals surface area contributed by atoms with E-state index in [0.717, 1.165) is 18.9 Å². The Balaban J connectivity index is 3.74. The van der Waals surface area contributed by atoms with Crippen LogP contribution in [0.5, 0.6) is 0 Å². The van der Waals surface area contributed by atoms with Gasteiger partial charge in [0.25, 0.3) is 0 Å². The average Bonchev–Trinajstić information content (AvgIpc) is 2.16. The van der Waals surface area contributed by atoms with E-state index in [1.54, 1.807) is 0 Å². The standard InChI is InChI=1S/C10H23O2Si/c1-6-9(4)11-13(8-3)12-10(5)7-2/h9-10H,6-8H2,1-5H3. The van der Waals surface area contributed by atoms with Gasteiger partial charge in [-0.05, 0) is 32.7 Å². The molecular formula is C10H23O2Si. The van der Waals surface area contributed by atoms with Gasteiger partial charge < -0.3 is 8.85 Å². The minimum absolute atomic E-state index is 0.345. The molecule has 0 heterocycles. The third-order valence-corrected chi connectivity index (χ3v) is 4.01. The highest BCUT2D eigenvalue weighted by Gasteiger charge is 2.18. The molecule has 2 unspecified atom stereocenters. The lowest BCUT2D eigenvalue weighted by Gasteiger charge is -2.21. The zero-order chi connectivity index (χ0) is 10.3. The molecule has 0 aromatic heterocycles. The smallest absolute Gasteiger partial charge is 0.384 e. The van der Waals surface area contributed by atoms with Gasteiger partial charge in [-0.25, -0.2) is 0 Å². The van der Waals surface area contributed by atoms with Crippen LogP contribution < -0.4 is 0 Å². The van der Waals surface area contributed by atoms with Gasteiger partial charge in [0.15, 0.2) is 0 Å². The molecule has 0 aliphatic carbocycles. The van der Waals surface area contributed by atoms with Gasteiger partial charge >= 0.3 is 9.28 Å². The molecule has 0 saturated heterocycles. The molecule has 0 aromatic carbocycles. The predicted octanol–water partition coefficient (Wildman–Crippen LogP) is 3.12. The van der Waals surface area contributed by atoms with Crippen molar-refractivity contribution < 1.29 is 8.85 Å². The van der Waals surface area contributed by atoms with Crippen LogP contribution >= 0.6 is 0 Å². The second kappa shape index (κ2) is 7.53. The van der Waals surface area contributed by atoms with Crippen molar-refractivity contribution in [3.8, 4) is 0 Å². The van der Waals surface area contributed by atoms with Crippen LogP contribution in [0.25, 0.3) is 0 Å². The lowest BCUT2D eigenvalue weighted by molar-refractivity contribution is 0.111. The Morgan fingerprint density at radius 2 is 1.31 bits per heavy atom. The highest BCUT2D eigenvalue weighted by Crippen LogP contribution is 2.08. The average molecular weight is 203 g/mol. The summed E-state index contributed by atoms with van der Waals surface area (Å²) in [6.07, 6.45) is 2.83. The van der Waals surface area contributed by atoms with E-state index in [1.165, 1.54) is 0 Å². The Bertz CT molecular complexity index is 107. The summed E-state index contributed by atoms with van der Waals surface area (Å²) in [5, 5.41) is 0. The third-order valence-electron chi connectivity index (χ3n) is 2.10. The first-order valence-corrected chi connectivity index (χ1v) is 6.85. The monoisotopic (exact) mass is 203 g/mol. The molecule has 0 amide bonds. The van der Waals surface area contributed by atoms with Crippen molar-refractivity contribution in [2.24, 2.45) is 0 Å². The molecule has 0 fully saturated rings. The van der Waals surface area contributed by atoms with E-state index in [2.05, 4.69) is 34.6 Å². The van der Waals surface area contributed by atoms with Crippen LogP contribution in [0.15, 0.2) is 0 Å². The normalized spacial score (nSPS) is 16.2. The van der Waals surface area contributed by atoms with Crippen LogP contribution in [-0.4, -0.2) is 21.5 Å². The molecule has 0 rings (SSSR count). The van der Waals surface area contributed by atoms with Gasteiger partial charge in [-0.3, -0.25) is 0 Å². The van der Waals surface area contributed by atoms with Gasteiger partial charge in [-0.15, -0.1) is 0 Å². The van der Waals surface area contributed by atoms with E-state index in [0.29, 0.717) is 12.2 Å². The molecule has 1 radical (unpaired) electrons. The number of hydrogen-bond donors (Lipinski definition) is 0. The van der Waals surface area contributed by atoms with Crippen molar-refractivity contribution in [1.82, 2.24) is 0 Å². The Kier molecular flexibility index (Phi) is 7.61. The van der Waals surface area contributed by atoms with Crippen LogP contribution in [0, 0.1) is 0 Å². The van der Waals surface area contributed by atoms with Crippen LogP contribution in [0.2, 0.25) is 6.04 Å².